The zero-order valence-corrected chi connectivity index (χ0v) is 22.4. The molecule has 0 bridgehead atoms. The second-order valence-corrected chi connectivity index (χ2v) is 9.71. The van der Waals surface area contributed by atoms with E-state index in [-0.39, 0.29) is 5.78 Å². The summed E-state index contributed by atoms with van der Waals surface area (Å²) in [6.07, 6.45) is 1.34. The van der Waals surface area contributed by atoms with E-state index in [1.165, 1.54) is 22.5 Å². The van der Waals surface area contributed by atoms with E-state index < -0.39 is 0 Å². The van der Waals surface area contributed by atoms with Crippen LogP contribution < -0.4 is 19.3 Å². The van der Waals surface area contributed by atoms with Crippen molar-refractivity contribution in [1.82, 2.24) is 0 Å². The highest BCUT2D eigenvalue weighted by Crippen LogP contribution is 2.47. The van der Waals surface area contributed by atoms with Crippen molar-refractivity contribution in [3.63, 3.8) is 0 Å². The van der Waals surface area contributed by atoms with Crippen LogP contribution in [0.25, 0.3) is 0 Å². The molecule has 5 heteroatoms. The number of ketones is 1. The van der Waals surface area contributed by atoms with E-state index in [1.54, 1.807) is 14.2 Å². The molecule has 0 atom stereocenters. The van der Waals surface area contributed by atoms with Crippen LogP contribution in [0.2, 0.25) is 0 Å². The number of carbonyl (C=O) groups is 1. The number of benzene rings is 4. The number of para-hydroxylation sites is 2. The predicted octanol–water partition coefficient (Wildman–Crippen LogP) is 7.06. The fraction of sp³-hybridized carbons (Fsp3) is 0.242. The van der Waals surface area contributed by atoms with Crippen molar-refractivity contribution in [1.29, 1.82) is 0 Å². The standard InChI is InChI=1S/C33H32N2O3/c1-5-34-25-13-9-7-11-21(25)19-23-27(34)15-17-29(37-3)31(23)33(36)32-24-20-22-12-8-10-14-26(22)35(6-2)28(24)16-18-30(32)38-4/h7-18H,5-6,19-20H2,1-4H3. The fourth-order valence-electron chi connectivity index (χ4n) is 6.23. The quantitative estimate of drug-likeness (QED) is 0.263. The van der Waals surface area contributed by atoms with Gasteiger partial charge in [0.2, 0.25) is 5.78 Å². The van der Waals surface area contributed by atoms with Gasteiger partial charge >= 0.3 is 0 Å². The Morgan fingerprint density at radius 2 is 1.05 bits per heavy atom. The molecule has 0 spiro atoms. The Morgan fingerprint density at radius 1 is 0.632 bits per heavy atom. The monoisotopic (exact) mass is 504 g/mol. The summed E-state index contributed by atoms with van der Waals surface area (Å²) in [6.45, 7) is 5.89. The van der Waals surface area contributed by atoms with Crippen molar-refractivity contribution in [2.75, 3.05) is 37.1 Å². The van der Waals surface area contributed by atoms with Crippen molar-refractivity contribution in [2.24, 2.45) is 0 Å². The normalized spacial score (nSPS) is 13.3. The van der Waals surface area contributed by atoms with E-state index in [2.05, 4.69) is 84.3 Å². The van der Waals surface area contributed by atoms with Gasteiger partial charge in [-0.3, -0.25) is 4.79 Å². The summed E-state index contributed by atoms with van der Waals surface area (Å²) in [5.74, 6) is 1.12. The zero-order valence-electron chi connectivity index (χ0n) is 22.4. The SMILES string of the molecule is CCN1c2ccccc2Cc2c1ccc(OC)c2C(=O)c1c(OC)ccc2c1Cc1ccccc1N2CC. The van der Waals surface area contributed by atoms with Gasteiger partial charge < -0.3 is 19.3 Å². The van der Waals surface area contributed by atoms with Crippen LogP contribution in [0.5, 0.6) is 11.5 Å². The first-order valence-corrected chi connectivity index (χ1v) is 13.3. The lowest BCUT2D eigenvalue weighted by Gasteiger charge is -2.35. The molecule has 0 saturated heterocycles. The number of ether oxygens (including phenoxy) is 2. The summed E-state index contributed by atoms with van der Waals surface area (Å²) in [4.78, 5) is 19.3. The Morgan fingerprint density at radius 3 is 1.45 bits per heavy atom. The molecule has 38 heavy (non-hydrogen) atoms. The van der Waals surface area contributed by atoms with Crippen molar-refractivity contribution in [3.8, 4) is 11.5 Å². The van der Waals surface area contributed by atoms with Crippen LogP contribution >= 0.6 is 0 Å². The maximum absolute atomic E-state index is 14.8. The van der Waals surface area contributed by atoms with Crippen molar-refractivity contribution >= 4 is 28.5 Å². The molecule has 0 unspecified atom stereocenters. The molecule has 2 aliphatic rings. The molecule has 0 aromatic heterocycles. The summed E-state index contributed by atoms with van der Waals surface area (Å²) < 4.78 is 11.7. The zero-order chi connectivity index (χ0) is 26.4. The fourth-order valence-corrected chi connectivity index (χ4v) is 6.23. The molecule has 0 aliphatic carbocycles. The second-order valence-electron chi connectivity index (χ2n) is 9.71. The van der Waals surface area contributed by atoms with Gasteiger partial charge in [0.05, 0.1) is 25.3 Å². The highest BCUT2D eigenvalue weighted by molar-refractivity contribution is 6.16. The summed E-state index contributed by atoms with van der Waals surface area (Å²) in [5, 5.41) is 0. The topological polar surface area (TPSA) is 42.0 Å². The number of anilines is 4. The molecule has 0 saturated carbocycles. The minimum atomic E-state index is -0.0572. The Bertz CT molecular complexity index is 1440. The number of nitrogens with zero attached hydrogens (tertiary/aromatic N) is 2. The molecule has 0 fully saturated rings. The number of hydrogen-bond donors (Lipinski definition) is 0. The summed E-state index contributed by atoms with van der Waals surface area (Å²) in [7, 11) is 3.28. The minimum absolute atomic E-state index is 0.0572. The average molecular weight is 505 g/mol. The smallest absolute Gasteiger partial charge is 0.201 e. The maximum Gasteiger partial charge on any atom is 0.201 e. The van der Waals surface area contributed by atoms with Gasteiger partial charge in [-0.25, -0.2) is 0 Å². The van der Waals surface area contributed by atoms with Gasteiger partial charge in [-0.05, 0) is 72.5 Å². The molecule has 0 N–H and O–H groups in total. The second kappa shape index (κ2) is 9.56. The molecule has 4 aromatic carbocycles. The van der Waals surface area contributed by atoms with Gasteiger partial charge in [0, 0.05) is 48.7 Å². The van der Waals surface area contributed by atoms with Crippen LogP contribution in [0.4, 0.5) is 22.7 Å². The first kappa shape index (κ1) is 24.1. The van der Waals surface area contributed by atoms with E-state index >= 15 is 0 Å². The Balaban J connectivity index is 1.58. The summed E-state index contributed by atoms with van der Waals surface area (Å²) in [5.41, 5.74) is 10.1. The summed E-state index contributed by atoms with van der Waals surface area (Å²) in [6, 6.07) is 24.9. The molecule has 0 radical (unpaired) electrons. The van der Waals surface area contributed by atoms with Crippen LogP contribution in [-0.4, -0.2) is 33.1 Å². The van der Waals surface area contributed by atoms with E-state index in [0.29, 0.717) is 35.5 Å². The third-order valence-corrected chi connectivity index (χ3v) is 7.91. The molecular formula is C33H32N2O3. The lowest BCUT2D eigenvalue weighted by molar-refractivity contribution is 0.103. The third kappa shape index (κ3) is 3.57. The maximum atomic E-state index is 14.8. The van der Waals surface area contributed by atoms with Crippen molar-refractivity contribution < 1.29 is 14.3 Å². The lowest BCUT2D eigenvalue weighted by atomic mass is 9.84. The number of fused-ring (bicyclic) bond motifs is 4. The molecular weight excluding hydrogens is 472 g/mol. The molecule has 2 aliphatic heterocycles. The average Bonchev–Trinajstić information content (AvgIpc) is 2.96. The highest BCUT2D eigenvalue weighted by Gasteiger charge is 2.33. The van der Waals surface area contributed by atoms with E-state index in [4.69, 9.17) is 9.47 Å². The Labute approximate surface area is 224 Å². The van der Waals surface area contributed by atoms with Gasteiger partial charge in [-0.2, -0.15) is 0 Å². The molecule has 0 amide bonds. The highest BCUT2D eigenvalue weighted by atomic mass is 16.5. The van der Waals surface area contributed by atoms with E-state index in [1.807, 2.05) is 12.1 Å². The predicted molar refractivity (Wildman–Crippen MR) is 153 cm³/mol. The molecule has 6 rings (SSSR count). The first-order valence-electron chi connectivity index (χ1n) is 13.3. The van der Waals surface area contributed by atoms with Crippen LogP contribution in [0.3, 0.4) is 0 Å². The number of rotatable bonds is 6. The molecule has 5 nitrogen and oxygen atoms in total. The van der Waals surface area contributed by atoms with Gasteiger partial charge in [-0.15, -0.1) is 0 Å². The van der Waals surface area contributed by atoms with Crippen LogP contribution in [0.15, 0.2) is 72.8 Å². The van der Waals surface area contributed by atoms with Crippen LogP contribution in [-0.2, 0) is 12.8 Å². The van der Waals surface area contributed by atoms with Gasteiger partial charge in [0.1, 0.15) is 11.5 Å². The van der Waals surface area contributed by atoms with Crippen LogP contribution in [0.1, 0.15) is 52.0 Å². The van der Waals surface area contributed by atoms with Crippen molar-refractivity contribution in [3.05, 3.63) is 106 Å². The van der Waals surface area contributed by atoms with Gasteiger partial charge in [-0.1, -0.05) is 36.4 Å². The van der Waals surface area contributed by atoms with E-state index in [0.717, 1.165) is 35.6 Å². The van der Waals surface area contributed by atoms with Gasteiger partial charge in [0.15, 0.2) is 0 Å². The molecule has 2 heterocycles. The Kier molecular flexibility index (Phi) is 6.07. The lowest BCUT2D eigenvalue weighted by Crippen LogP contribution is -2.27. The minimum Gasteiger partial charge on any atom is -0.496 e. The number of methoxy groups -OCH3 is 2. The van der Waals surface area contributed by atoms with Crippen molar-refractivity contribution in [2.45, 2.75) is 26.7 Å². The third-order valence-electron chi connectivity index (χ3n) is 7.91. The number of hydrogen-bond acceptors (Lipinski definition) is 5. The molecule has 4 aromatic rings. The first-order chi connectivity index (χ1) is 18.6. The largest absolute Gasteiger partial charge is 0.496 e. The van der Waals surface area contributed by atoms with E-state index in [9.17, 15) is 4.79 Å². The van der Waals surface area contributed by atoms with Gasteiger partial charge in [0.25, 0.3) is 0 Å². The summed E-state index contributed by atoms with van der Waals surface area (Å²) >= 11 is 0. The Hall–Kier alpha value is -4.25. The molecule has 192 valence electrons. The van der Waals surface area contributed by atoms with Crippen LogP contribution in [0, 0.1) is 0 Å². The number of carbonyl (C=O) groups excluding carboxylic acids is 1.